The van der Waals surface area contributed by atoms with Crippen molar-refractivity contribution in [2.75, 3.05) is 19.7 Å². The fourth-order valence-electron chi connectivity index (χ4n) is 2.61. The number of aliphatic hydroxyl groups is 1. The van der Waals surface area contributed by atoms with Crippen LogP contribution in [0.4, 0.5) is 0 Å². The van der Waals surface area contributed by atoms with Crippen molar-refractivity contribution < 1.29 is 9.90 Å². The van der Waals surface area contributed by atoms with Gasteiger partial charge in [0, 0.05) is 19.2 Å². The van der Waals surface area contributed by atoms with E-state index in [9.17, 15) is 4.79 Å². The first-order chi connectivity index (χ1) is 8.62. The molecular weight excluding hydrogens is 228 g/mol. The summed E-state index contributed by atoms with van der Waals surface area (Å²) >= 11 is 0. The molecule has 0 aromatic heterocycles. The Hall–Kier alpha value is -0.610. The molecule has 1 aliphatic heterocycles. The van der Waals surface area contributed by atoms with Gasteiger partial charge in [-0.3, -0.25) is 9.69 Å². The molecule has 1 rings (SSSR count). The zero-order valence-electron chi connectivity index (χ0n) is 12.0. The smallest absolute Gasteiger partial charge is 0.237 e. The number of hydrogen-bond acceptors (Lipinski definition) is 3. The highest BCUT2D eigenvalue weighted by Gasteiger charge is 2.29. The van der Waals surface area contributed by atoms with Gasteiger partial charge in [0.1, 0.15) is 0 Å². The van der Waals surface area contributed by atoms with Crippen LogP contribution in [0.15, 0.2) is 0 Å². The zero-order chi connectivity index (χ0) is 13.5. The first kappa shape index (κ1) is 15.4. The molecule has 0 aromatic carbocycles. The van der Waals surface area contributed by atoms with Crippen LogP contribution in [-0.4, -0.2) is 47.7 Å². The molecule has 0 aromatic rings. The summed E-state index contributed by atoms with van der Waals surface area (Å²) in [5, 5.41) is 12.1. The standard InChI is InChI=1S/C14H28N2O2/c1-4-13(5-2)15-14(18)11(3)16-8-6-12(10-16)7-9-17/h11-13,17H,4-10H2,1-3H3,(H,15,18). The molecule has 2 atom stereocenters. The first-order valence-electron chi connectivity index (χ1n) is 7.27. The number of amides is 1. The van der Waals surface area contributed by atoms with Crippen molar-refractivity contribution in [1.29, 1.82) is 0 Å². The molecule has 0 radical (unpaired) electrons. The zero-order valence-corrected chi connectivity index (χ0v) is 12.0. The van der Waals surface area contributed by atoms with E-state index in [1.807, 2.05) is 6.92 Å². The minimum atomic E-state index is -0.0470. The summed E-state index contributed by atoms with van der Waals surface area (Å²) < 4.78 is 0. The lowest BCUT2D eigenvalue weighted by molar-refractivity contribution is -0.126. The summed E-state index contributed by atoms with van der Waals surface area (Å²) in [7, 11) is 0. The maximum atomic E-state index is 12.1. The van der Waals surface area contributed by atoms with Crippen LogP contribution >= 0.6 is 0 Å². The third-order valence-corrected chi connectivity index (χ3v) is 4.11. The van der Waals surface area contributed by atoms with Gasteiger partial charge in [0.05, 0.1) is 6.04 Å². The number of aliphatic hydroxyl groups excluding tert-OH is 1. The largest absolute Gasteiger partial charge is 0.396 e. The fraction of sp³-hybridized carbons (Fsp3) is 0.929. The molecule has 4 nitrogen and oxygen atoms in total. The van der Waals surface area contributed by atoms with Crippen LogP contribution in [0.2, 0.25) is 0 Å². The highest BCUT2D eigenvalue weighted by molar-refractivity contribution is 5.81. The predicted octanol–water partition coefficient (Wildman–Crippen LogP) is 1.38. The maximum Gasteiger partial charge on any atom is 0.237 e. The van der Waals surface area contributed by atoms with E-state index >= 15 is 0 Å². The molecule has 0 bridgehead atoms. The minimum Gasteiger partial charge on any atom is -0.396 e. The summed E-state index contributed by atoms with van der Waals surface area (Å²) in [4.78, 5) is 14.4. The number of nitrogens with zero attached hydrogens (tertiary/aromatic N) is 1. The Morgan fingerprint density at radius 2 is 2.11 bits per heavy atom. The van der Waals surface area contributed by atoms with Gasteiger partial charge in [-0.05, 0) is 45.1 Å². The molecule has 4 heteroatoms. The van der Waals surface area contributed by atoms with Crippen LogP contribution in [-0.2, 0) is 4.79 Å². The topological polar surface area (TPSA) is 52.6 Å². The molecule has 0 aliphatic carbocycles. The molecule has 0 spiro atoms. The van der Waals surface area contributed by atoms with E-state index in [-0.39, 0.29) is 18.6 Å². The molecule has 0 saturated carbocycles. The van der Waals surface area contributed by atoms with Gasteiger partial charge in [-0.1, -0.05) is 13.8 Å². The van der Waals surface area contributed by atoms with Crippen molar-refractivity contribution in [3.8, 4) is 0 Å². The van der Waals surface area contributed by atoms with Gasteiger partial charge < -0.3 is 10.4 Å². The van der Waals surface area contributed by atoms with E-state index in [1.54, 1.807) is 0 Å². The predicted molar refractivity (Wildman–Crippen MR) is 73.4 cm³/mol. The summed E-state index contributed by atoms with van der Waals surface area (Å²) in [5.74, 6) is 0.701. The normalized spacial score (nSPS) is 22.4. The number of carbonyl (C=O) groups excluding carboxylic acids is 1. The van der Waals surface area contributed by atoms with Crippen LogP contribution in [0.25, 0.3) is 0 Å². The molecule has 18 heavy (non-hydrogen) atoms. The second-order valence-electron chi connectivity index (χ2n) is 5.36. The Labute approximate surface area is 111 Å². The highest BCUT2D eigenvalue weighted by atomic mass is 16.3. The Morgan fingerprint density at radius 3 is 2.67 bits per heavy atom. The quantitative estimate of drug-likeness (QED) is 0.723. The summed E-state index contributed by atoms with van der Waals surface area (Å²) in [6, 6.07) is 0.255. The van der Waals surface area contributed by atoms with E-state index in [1.165, 1.54) is 0 Å². The molecule has 1 aliphatic rings. The van der Waals surface area contributed by atoms with Crippen LogP contribution in [0.5, 0.6) is 0 Å². The molecule has 2 N–H and O–H groups in total. The van der Waals surface area contributed by atoms with E-state index in [2.05, 4.69) is 24.1 Å². The first-order valence-corrected chi connectivity index (χ1v) is 7.27. The number of nitrogens with one attached hydrogen (secondary N) is 1. The van der Waals surface area contributed by atoms with Gasteiger partial charge in [-0.2, -0.15) is 0 Å². The summed E-state index contributed by atoms with van der Waals surface area (Å²) in [5.41, 5.74) is 0. The van der Waals surface area contributed by atoms with Gasteiger partial charge >= 0.3 is 0 Å². The van der Waals surface area contributed by atoms with E-state index < -0.39 is 0 Å². The molecule has 2 unspecified atom stereocenters. The van der Waals surface area contributed by atoms with E-state index in [4.69, 9.17) is 5.11 Å². The molecule has 1 amide bonds. The van der Waals surface area contributed by atoms with Gasteiger partial charge in [-0.25, -0.2) is 0 Å². The van der Waals surface area contributed by atoms with Gasteiger partial charge in [0.15, 0.2) is 0 Å². The summed E-state index contributed by atoms with van der Waals surface area (Å²) in [6.45, 7) is 8.37. The van der Waals surface area contributed by atoms with Crippen molar-refractivity contribution in [3.63, 3.8) is 0 Å². The second-order valence-corrected chi connectivity index (χ2v) is 5.36. The maximum absolute atomic E-state index is 12.1. The molecular formula is C14H28N2O2. The second kappa shape index (κ2) is 7.74. The number of likely N-dealkylation sites (tertiary alicyclic amines) is 1. The van der Waals surface area contributed by atoms with Crippen LogP contribution in [0.1, 0.15) is 46.5 Å². The minimum absolute atomic E-state index is 0.0470. The average Bonchev–Trinajstić information content (AvgIpc) is 2.83. The van der Waals surface area contributed by atoms with Crippen molar-refractivity contribution in [1.82, 2.24) is 10.2 Å². The Kier molecular flexibility index (Phi) is 6.65. The lowest BCUT2D eigenvalue weighted by Crippen LogP contribution is -2.47. The Balaban J connectivity index is 2.40. The SMILES string of the molecule is CCC(CC)NC(=O)C(C)N1CCC(CCO)C1. The Bertz CT molecular complexity index is 254. The van der Waals surface area contributed by atoms with Crippen LogP contribution < -0.4 is 5.32 Å². The number of rotatable bonds is 7. The monoisotopic (exact) mass is 256 g/mol. The third-order valence-electron chi connectivity index (χ3n) is 4.11. The highest BCUT2D eigenvalue weighted by Crippen LogP contribution is 2.21. The molecule has 1 heterocycles. The molecule has 1 fully saturated rings. The fourth-order valence-corrected chi connectivity index (χ4v) is 2.61. The number of carbonyl (C=O) groups is 1. The molecule has 1 saturated heterocycles. The van der Waals surface area contributed by atoms with Crippen molar-refractivity contribution in [2.45, 2.75) is 58.5 Å². The van der Waals surface area contributed by atoms with Gasteiger partial charge in [0.2, 0.25) is 5.91 Å². The van der Waals surface area contributed by atoms with Crippen molar-refractivity contribution in [2.24, 2.45) is 5.92 Å². The van der Waals surface area contributed by atoms with E-state index in [0.717, 1.165) is 38.8 Å². The lowest BCUT2D eigenvalue weighted by atomic mass is 10.1. The van der Waals surface area contributed by atoms with Crippen LogP contribution in [0.3, 0.4) is 0 Å². The van der Waals surface area contributed by atoms with E-state index in [0.29, 0.717) is 12.0 Å². The Morgan fingerprint density at radius 1 is 1.44 bits per heavy atom. The average molecular weight is 256 g/mol. The number of hydrogen-bond donors (Lipinski definition) is 2. The van der Waals surface area contributed by atoms with Crippen molar-refractivity contribution in [3.05, 3.63) is 0 Å². The molecule has 106 valence electrons. The summed E-state index contributed by atoms with van der Waals surface area (Å²) in [6.07, 6.45) is 3.94. The third kappa shape index (κ3) is 4.25. The van der Waals surface area contributed by atoms with Crippen LogP contribution in [0, 0.1) is 5.92 Å². The lowest BCUT2D eigenvalue weighted by Gasteiger charge is -2.25. The van der Waals surface area contributed by atoms with Crippen molar-refractivity contribution >= 4 is 5.91 Å². The van der Waals surface area contributed by atoms with Gasteiger partial charge in [0.25, 0.3) is 0 Å². The van der Waals surface area contributed by atoms with Gasteiger partial charge in [-0.15, -0.1) is 0 Å².